The number of benzene rings is 1. The number of carbonyl (C=O) groups excluding carboxylic acids is 1. The van der Waals surface area contributed by atoms with E-state index in [-0.39, 0.29) is 17.4 Å². The van der Waals surface area contributed by atoms with Crippen LogP contribution in [0.5, 0.6) is 0 Å². The number of rotatable bonds is 6. The van der Waals surface area contributed by atoms with Crippen LogP contribution in [0.1, 0.15) is 48.2 Å². The zero-order valence-corrected chi connectivity index (χ0v) is 17.9. The van der Waals surface area contributed by atoms with E-state index in [1.54, 1.807) is 29.2 Å². The van der Waals surface area contributed by atoms with Gasteiger partial charge >= 0.3 is 0 Å². The molecule has 1 aromatic carbocycles. The summed E-state index contributed by atoms with van der Waals surface area (Å²) in [6.07, 6.45) is 4.42. The highest BCUT2D eigenvalue weighted by Gasteiger charge is 2.44. The molecular formula is C21H21ClN2O2S2. The van der Waals surface area contributed by atoms with Gasteiger partial charge in [0.25, 0.3) is 5.91 Å². The summed E-state index contributed by atoms with van der Waals surface area (Å²) in [6.45, 7) is 2.22. The van der Waals surface area contributed by atoms with Crippen molar-refractivity contribution in [2.45, 2.75) is 49.2 Å². The number of nitrogens with one attached hydrogen (secondary N) is 1. The molecule has 4 nitrogen and oxygen atoms in total. The van der Waals surface area contributed by atoms with E-state index in [2.05, 4.69) is 12.2 Å². The van der Waals surface area contributed by atoms with Gasteiger partial charge in [-0.25, -0.2) is 4.98 Å². The molecule has 0 atom stereocenters. The van der Waals surface area contributed by atoms with Gasteiger partial charge in [-0.3, -0.25) is 4.79 Å². The van der Waals surface area contributed by atoms with Crippen molar-refractivity contribution in [1.82, 2.24) is 10.3 Å². The molecule has 0 saturated heterocycles. The summed E-state index contributed by atoms with van der Waals surface area (Å²) in [6, 6.07) is 9.64. The van der Waals surface area contributed by atoms with Crippen LogP contribution < -0.4 is 5.32 Å². The number of carbonyl (C=O) groups is 1. The number of aromatic nitrogens is 1. The van der Waals surface area contributed by atoms with Gasteiger partial charge in [-0.2, -0.15) is 0 Å². The molecule has 0 bridgehead atoms. The molecule has 0 spiro atoms. The fourth-order valence-corrected chi connectivity index (χ4v) is 6.17. The fourth-order valence-electron chi connectivity index (χ4n) is 3.72. The third kappa shape index (κ3) is 3.70. The summed E-state index contributed by atoms with van der Waals surface area (Å²) in [5.74, 6) is 2.20. The van der Waals surface area contributed by atoms with Crippen LogP contribution in [0, 0.1) is 5.92 Å². The van der Waals surface area contributed by atoms with Gasteiger partial charge in [0.05, 0.1) is 15.2 Å². The Morgan fingerprint density at radius 1 is 1.36 bits per heavy atom. The van der Waals surface area contributed by atoms with Crippen LogP contribution in [-0.4, -0.2) is 22.7 Å². The van der Waals surface area contributed by atoms with E-state index in [0.29, 0.717) is 5.76 Å². The number of nitrogens with zero attached hydrogens (tertiary/aromatic N) is 1. The molecule has 2 aliphatic carbocycles. The Labute approximate surface area is 177 Å². The minimum Gasteiger partial charge on any atom is -0.445 e. The van der Waals surface area contributed by atoms with E-state index in [1.165, 1.54) is 12.8 Å². The van der Waals surface area contributed by atoms with Crippen molar-refractivity contribution in [3.05, 3.63) is 46.1 Å². The predicted molar refractivity (Wildman–Crippen MR) is 115 cm³/mol. The Hall–Kier alpha value is -1.50. The van der Waals surface area contributed by atoms with E-state index in [9.17, 15) is 4.79 Å². The normalized spacial score (nSPS) is 24.3. The minimum absolute atomic E-state index is 0.00253. The summed E-state index contributed by atoms with van der Waals surface area (Å²) in [5.41, 5.74) is 0.993. The maximum atomic E-state index is 12.5. The average molecular weight is 433 g/mol. The first-order valence-corrected chi connectivity index (χ1v) is 11.8. The van der Waals surface area contributed by atoms with Crippen LogP contribution in [-0.2, 0) is 5.41 Å². The van der Waals surface area contributed by atoms with Gasteiger partial charge in [-0.05, 0) is 61.9 Å². The molecule has 2 heterocycles. The molecule has 1 N–H and O–H groups in total. The second kappa shape index (κ2) is 7.08. The highest BCUT2D eigenvalue weighted by molar-refractivity contribution is 7.99. The maximum Gasteiger partial charge on any atom is 0.287 e. The molecule has 2 aliphatic rings. The number of furan rings is 1. The van der Waals surface area contributed by atoms with Gasteiger partial charge in [-0.1, -0.05) is 30.3 Å². The number of fused-ring (bicyclic) bond motifs is 1. The van der Waals surface area contributed by atoms with E-state index >= 15 is 0 Å². The number of halogens is 1. The van der Waals surface area contributed by atoms with Gasteiger partial charge in [0.15, 0.2) is 10.9 Å². The van der Waals surface area contributed by atoms with E-state index in [0.717, 1.165) is 49.9 Å². The van der Waals surface area contributed by atoms with Crippen molar-refractivity contribution in [3.8, 4) is 0 Å². The summed E-state index contributed by atoms with van der Waals surface area (Å²) in [5, 5.41) is 5.79. The van der Waals surface area contributed by atoms with Crippen molar-refractivity contribution < 1.29 is 9.21 Å². The number of hydrogen-bond acceptors (Lipinski definition) is 5. The Morgan fingerprint density at radius 3 is 2.96 bits per heavy atom. The first kappa shape index (κ1) is 18.5. The Kier molecular flexibility index (Phi) is 4.68. The van der Waals surface area contributed by atoms with Gasteiger partial charge in [0, 0.05) is 22.2 Å². The summed E-state index contributed by atoms with van der Waals surface area (Å²) < 4.78 is 6.82. The lowest BCUT2D eigenvalue weighted by molar-refractivity contribution is 0.0841. The SMILES string of the molecule is CC1(c2nc3ccc(Cl)cc3s2)CC(NC(=O)c2ccc(SCC3CC3)o2)C1. The quantitative estimate of drug-likeness (QED) is 0.493. The van der Waals surface area contributed by atoms with Crippen LogP contribution in [0.25, 0.3) is 10.2 Å². The first-order chi connectivity index (χ1) is 13.5. The lowest BCUT2D eigenvalue weighted by atomic mass is 9.67. The second-order valence-corrected chi connectivity index (χ2v) is 10.6. The highest BCUT2D eigenvalue weighted by atomic mass is 35.5. The number of hydrogen-bond donors (Lipinski definition) is 1. The van der Waals surface area contributed by atoms with Crippen molar-refractivity contribution in [2.75, 3.05) is 5.75 Å². The maximum absolute atomic E-state index is 12.5. The van der Waals surface area contributed by atoms with Gasteiger partial charge in [0.2, 0.25) is 0 Å². The summed E-state index contributed by atoms with van der Waals surface area (Å²) >= 11 is 9.49. The lowest BCUT2D eigenvalue weighted by Gasteiger charge is -2.43. The zero-order valence-electron chi connectivity index (χ0n) is 15.5. The van der Waals surface area contributed by atoms with Crippen molar-refractivity contribution >= 4 is 50.8 Å². The third-order valence-corrected chi connectivity index (χ3v) is 8.26. The molecule has 28 heavy (non-hydrogen) atoms. The van der Waals surface area contributed by atoms with Crippen molar-refractivity contribution in [3.63, 3.8) is 0 Å². The smallest absolute Gasteiger partial charge is 0.287 e. The molecule has 7 heteroatoms. The van der Waals surface area contributed by atoms with Crippen LogP contribution in [0.4, 0.5) is 0 Å². The molecule has 1 amide bonds. The summed E-state index contributed by atoms with van der Waals surface area (Å²) in [4.78, 5) is 17.3. The molecule has 2 aromatic heterocycles. The molecule has 146 valence electrons. The van der Waals surface area contributed by atoms with Crippen molar-refractivity contribution in [1.29, 1.82) is 0 Å². The predicted octanol–water partition coefficient (Wildman–Crippen LogP) is 5.89. The molecule has 2 saturated carbocycles. The monoisotopic (exact) mass is 432 g/mol. The molecule has 0 radical (unpaired) electrons. The number of thioether (sulfide) groups is 1. The minimum atomic E-state index is -0.124. The molecule has 2 fully saturated rings. The molecule has 3 aromatic rings. The molecule has 0 unspecified atom stereocenters. The second-order valence-electron chi connectivity index (χ2n) is 8.14. The molecule has 5 rings (SSSR count). The first-order valence-electron chi connectivity index (χ1n) is 9.59. The van der Waals surface area contributed by atoms with E-state index < -0.39 is 0 Å². The summed E-state index contributed by atoms with van der Waals surface area (Å²) in [7, 11) is 0. The Balaban J connectivity index is 1.19. The van der Waals surface area contributed by atoms with Crippen LogP contribution in [0.2, 0.25) is 5.02 Å². The van der Waals surface area contributed by atoms with E-state index in [4.69, 9.17) is 21.0 Å². The van der Waals surface area contributed by atoms with Crippen molar-refractivity contribution in [2.24, 2.45) is 5.92 Å². The average Bonchev–Trinajstić information content (AvgIpc) is 3.18. The van der Waals surface area contributed by atoms with Crippen LogP contribution >= 0.6 is 34.7 Å². The van der Waals surface area contributed by atoms with Gasteiger partial charge in [-0.15, -0.1) is 11.3 Å². The molecular weight excluding hydrogens is 412 g/mol. The standard InChI is InChI=1S/C21H21ClN2O2S2/c1-21(20-24-15-5-4-13(22)8-17(15)28-20)9-14(10-21)23-19(25)16-6-7-18(26-16)27-11-12-2-3-12/h4-8,12,14H,2-3,9-11H2,1H3,(H,23,25). The largest absolute Gasteiger partial charge is 0.445 e. The van der Waals surface area contributed by atoms with Crippen LogP contribution in [0.3, 0.4) is 0 Å². The lowest BCUT2D eigenvalue weighted by Crippen LogP contribution is -2.51. The topological polar surface area (TPSA) is 55.1 Å². The van der Waals surface area contributed by atoms with Crippen LogP contribution in [0.15, 0.2) is 39.8 Å². The highest BCUT2D eigenvalue weighted by Crippen LogP contribution is 2.46. The fraction of sp³-hybridized carbons (Fsp3) is 0.429. The Bertz CT molecular complexity index is 1030. The number of amides is 1. The van der Waals surface area contributed by atoms with E-state index in [1.807, 2.05) is 24.3 Å². The zero-order chi connectivity index (χ0) is 19.3. The van der Waals surface area contributed by atoms with Gasteiger partial charge < -0.3 is 9.73 Å². The molecule has 0 aliphatic heterocycles. The van der Waals surface area contributed by atoms with Gasteiger partial charge in [0.1, 0.15) is 0 Å². The number of thiazole rings is 1. The third-order valence-electron chi connectivity index (χ3n) is 5.56. The Morgan fingerprint density at radius 2 is 2.18 bits per heavy atom.